The largest absolute Gasteiger partial charge is 0.435 e. The van der Waals surface area contributed by atoms with Crippen LogP contribution in [0, 0.1) is 0 Å². The summed E-state index contributed by atoms with van der Waals surface area (Å²) in [5.74, 6) is -0.141. The molecule has 0 unspecified atom stereocenters. The minimum absolute atomic E-state index is 0.141. The molecule has 55 heavy (non-hydrogen) atoms. The second kappa shape index (κ2) is 51.2. The third-order valence-corrected chi connectivity index (χ3v) is 12.4. The Bertz CT molecular complexity index is 701. The maximum absolute atomic E-state index is 11.3. The highest BCUT2D eigenvalue weighted by atomic mass is 16.5. The Labute approximate surface area is 348 Å². The zero-order chi connectivity index (χ0) is 39.6. The molecule has 0 N–H and O–H groups in total. The van der Waals surface area contributed by atoms with Crippen LogP contribution >= 0.6 is 0 Å². The molecular weight excluding hydrogens is 669 g/mol. The van der Waals surface area contributed by atoms with Crippen molar-refractivity contribution >= 4 is 5.97 Å². The van der Waals surface area contributed by atoms with E-state index in [1.54, 1.807) is 0 Å². The quantitative estimate of drug-likeness (QED) is 0.0350. The van der Waals surface area contributed by atoms with Crippen LogP contribution in [0.15, 0.2) is 12.8 Å². The van der Waals surface area contributed by atoms with Gasteiger partial charge in [-0.2, -0.15) is 0 Å². The Morgan fingerprint density at radius 3 is 0.582 bits per heavy atom. The van der Waals surface area contributed by atoms with Gasteiger partial charge < -0.3 is 4.74 Å². The lowest BCUT2D eigenvalue weighted by molar-refractivity contribution is -0.138. The van der Waals surface area contributed by atoms with Crippen molar-refractivity contribution in [2.75, 3.05) is 0 Å². The maximum Gasteiger partial charge on any atom is 0.310 e. The SMILES string of the molecule is C=COC(=O)CCCCCCCCCCCCCCCCCCCCCCCCCCCCCCCCCCCCCCCCCCCCCCCCCC. The number of hydrogen-bond acceptors (Lipinski definition) is 2. The summed E-state index contributed by atoms with van der Waals surface area (Å²) in [6.45, 7) is 5.73. The van der Waals surface area contributed by atoms with E-state index in [9.17, 15) is 4.79 Å². The Morgan fingerprint density at radius 1 is 0.291 bits per heavy atom. The molecule has 0 aromatic rings. The van der Waals surface area contributed by atoms with Crippen molar-refractivity contribution in [2.45, 2.75) is 322 Å². The molecule has 0 amide bonds. The van der Waals surface area contributed by atoms with E-state index in [0.29, 0.717) is 6.42 Å². The standard InChI is InChI=1S/C53H104O2/c1-3-5-6-7-8-9-10-11-12-13-14-15-16-17-18-19-20-21-22-23-24-25-26-27-28-29-30-31-32-33-34-35-36-37-38-39-40-41-42-43-44-45-46-47-48-49-50-51-52-53(54)55-4-2/h4H,2-3,5-52H2,1H3. The lowest BCUT2D eigenvalue weighted by Crippen LogP contribution is -1.98. The Hall–Kier alpha value is -0.790. The van der Waals surface area contributed by atoms with Crippen LogP contribution in [-0.4, -0.2) is 5.97 Å². The summed E-state index contributed by atoms with van der Waals surface area (Å²) in [7, 11) is 0. The van der Waals surface area contributed by atoms with Gasteiger partial charge in [-0.15, -0.1) is 0 Å². The molecular formula is C53H104O2. The third-order valence-electron chi connectivity index (χ3n) is 12.4. The molecule has 328 valence electrons. The van der Waals surface area contributed by atoms with Crippen LogP contribution in [0.25, 0.3) is 0 Å². The molecule has 2 heteroatoms. The highest BCUT2D eigenvalue weighted by Gasteiger charge is 2.01. The second-order valence-corrected chi connectivity index (χ2v) is 18.0. The van der Waals surface area contributed by atoms with E-state index < -0.39 is 0 Å². The van der Waals surface area contributed by atoms with Gasteiger partial charge in [-0.25, -0.2) is 0 Å². The first-order valence-electron chi connectivity index (χ1n) is 26.1. The fraction of sp³-hybridized carbons (Fsp3) is 0.943. The highest BCUT2D eigenvalue weighted by molar-refractivity contribution is 5.69. The summed E-state index contributed by atoms with van der Waals surface area (Å²) in [5, 5.41) is 0. The number of carbonyl (C=O) groups is 1. The second-order valence-electron chi connectivity index (χ2n) is 18.0. The molecule has 0 aliphatic rings. The van der Waals surface area contributed by atoms with Crippen molar-refractivity contribution in [1.29, 1.82) is 0 Å². The summed E-state index contributed by atoms with van der Waals surface area (Å²) in [6, 6.07) is 0. The normalized spacial score (nSPS) is 11.4. The molecule has 2 nitrogen and oxygen atoms in total. The summed E-state index contributed by atoms with van der Waals surface area (Å²) in [4.78, 5) is 11.3. The van der Waals surface area contributed by atoms with E-state index in [1.165, 1.54) is 302 Å². The molecule has 0 atom stereocenters. The van der Waals surface area contributed by atoms with Gasteiger partial charge in [0.25, 0.3) is 0 Å². The van der Waals surface area contributed by atoms with Crippen molar-refractivity contribution in [3.05, 3.63) is 12.8 Å². The van der Waals surface area contributed by atoms with Crippen molar-refractivity contribution < 1.29 is 9.53 Å². The van der Waals surface area contributed by atoms with Gasteiger partial charge in [0.15, 0.2) is 0 Å². The van der Waals surface area contributed by atoms with Crippen molar-refractivity contribution in [1.82, 2.24) is 0 Å². The van der Waals surface area contributed by atoms with Gasteiger partial charge in [0, 0.05) is 6.42 Å². The van der Waals surface area contributed by atoms with E-state index in [0.717, 1.165) is 12.8 Å². The molecule has 0 bridgehead atoms. The van der Waals surface area contributed by atoms with Crippen LogP contribution in [0.3, 0.4) is 0 Å². The fourth-order valence-corrected chi connectivity index (χ4v) is 8.63. The van der Waals surface area contributed by atoms with Crippen LogP contribution in [0.5, 0.6) is 0 Å². The first-order chi connectivity index (χ1) is 27.3. The van der Waals surface area contributed by atoms with E-state index in [1.807, 2.05) is 0 Å². The molecule has 0 heterocycles. The monoisotopic (exact) mass is 773 g/mol. The third kappa shape index (κ3) is 51.2. The molecule has 0 spiro atoms. The number of rotatable bonds is 50. The van der Waals surface area contributed by atoms with E-state index in [-0.39, 0.29) is 5.97 Å². The highest BCUT2D eigenvalue weighted by Crippen LogP contribution is 2.18. The molecule has 0 aliphatic carbocycles. The average Bonchev–Trinajstić information content (AvgIpc) is 3.19. The van der Waals surface area contributed by atoms with Gasteiger partial charge >= 0.3 is 5.97 Å². The van der Waals surface area contributed by atoms with Gasteiger partial charge in [0.1, 0.15) is 0 Å². The van der Waals surface area contributed by atoms with Crippen molar-refractivity contribution in [3.63, 3.8) is 0 Å². The number of unbranched alkanes of at least 4 members (excludes halogenated alkanes) is 47. The van der Waals surface area contributed by atoms with Gasteiger partial charge in [-0.1, -0.05) is 315 Å². The zero-order valence-electron chi connectivity index (χ0n) is 38.2. The predicted molar refractivity (Wildman–Crippen MR) is 248 cm³/mol. The van der Waals surface area contributed by atoms with Crippen LogP contribution in [-0.2, 0) is 9.53 Å². The fourth-order valence-electron chi connectivity index (χ4n) is 8.63. The van der Waals surface area contributed by atoms with Gasteiger partial charge in [-0.3, -0.25) is 4.79 Å². The topological polar surface area (TPSA) is 26.3 Å². The maximum atomic E-state index is 11.3. The number of esters is 1. The molecule has 0 aliphatic heterocycles. The first kappa shape index (κ1) is 54.2. The van der Waals surface area contributed by atoms with E-state index >= 15 is 0 Å². The molecule has 0 radical (unpaired) electrons. The lowest BCUT2D eigenvalue weighted by atomic mass is 10.0. The van der Waals surface area contributed by atoms with Crippen LogP contribution in [0.4, 0.5) is 0 Å². The number of hydrogen-bond donors (Lipinski definition) is 0. The summed E-state index contributed by atoms with van der Waals surface area (Å²) < 4.78 is 4.75. The molecule has 0 saturated heterocycles. The zero-order valence-corrected chi connectivity index (χ0v) is 38.2. The van der Waals surface area contributed by atoms with Gasteiger partial charge in [-0.05, 0) is 6.42 Å². The van der Waals surface area contributed by atoms with E-state index in [2.05, 4.69) is 13.5 Å². The minimum Gasteiger partial charge on any atom is -0.435 e. The Kier molecular flexibility index (Phi) is 50.5. The number of carbonyl (C=O) groups excluding carboxylic acids is 1. The van der Waals surface area contributed by atoms with Gasteiger partial charge in [0.2, 0.25) is 0 Å². The summed E-state index contributed by atoms with van der Waals surface area (Å²) in [6.07, 6.45) is 71.1. The molecule has 0 saturated carbocycles. The predicted octanol–water partition coefficient (Wildman–Crippen LogP) is 19.8. The van der Waals surface area contributed by atoms with Crippen molar-refractivity contribution in [2.24, 2.45) is 0 Å². The smallest absolute Gasteiger partial charge is 0.310 e. The summed E-state index contributed by atoms with van der Waals surface area (Å²) >= 11 is 0. The average molecular weight is 773 g/mol. The van der Waals surface area contributed by atoms with Crippen molar-refractivity contribution in [3.8, 4) is 0 Å². The minimum atomic E-state index is -0.141. The lowest BCUT2D eigenvalue weighted by Gasteiger charge is -2.05. The molecule has 0 aromatic heterocycles. The summed E-state index contributed by atoms with van der Waals surface area (Å²) in [5.41, 5.74) is 0. The molecule has 0 rings (SSSR count). The van der Waals surface area contributed by atoms with E-state index in [4.69, 9.17) is 4.74 Å². The van der Waals surface area contributed by atoms with Gasteiger partial charge in [0.05, 0.1) is 6.26 Å². The van der Waals surface area contributed by atoms with Crippen LogP contribution in [0.1, 0.15) is 322 Å². The first-order valence-corrected chi connectivity index (χ1v) is 26.1. The Balaban J connectivity index is 3.07. The molecule has 0 fully saturated rings. The Morgan fingerprint density at radius 2 is 0.436 bits per heavy atom. The molecule has 0 aromatic carbocycles. The number of ether oxygens (including phenoxy) is 1. The van der Waals surface area contributed by atoms with Crippen LogP contribution < -0.4 is 0 Å². The van der Waals surface area contributed by atoms with Crippen LogP contribution in [0.2, 0.25) is 0 Å².